The van der Waals surface area contributed by atoms with E-state index in [1.54, 1.807) is 26.3 Å². The summed E-state index contributed by atoms with van der Waals surface area (Å²) in [6, 6.07) is 13.2. The molecule has 7 heteroatoms. The number of allylic oxidation sites excluding steroid dienone is 1. The number of hydrogen-bond donors (Lipinski definition) is 0. The minimum atomic E-state index is 0.277. The summed E-state index contributed by atoms with van der Waals surface area (Å²) in [4.78, 5) is 12.8. The molecule has 3 aromatic rings. The first-order chi connectivity index (χ1) is 13.1. The van der Waals surface area contributed by atoms with Gasteiger partial charge in [0.25, 0.3) is 5.89 Å². The Morgan fingerprint density at radius 3 is 2.48 bits per heavy atom. The molecular formula is C20H19N5O2. The zero-order chi connectivity index (χ0) is 19.2. The van der Waals surface area contributed by atoms with E-state index in [2.05, 4.69) is 31.9 Å². The fourth-order valence-corrected chi connectivity index (χ4v) is 2.32. The number of ether oxygens (including phenoxy) is 1. The predicted octanol–water partition coefficient (Wildman–Crippen LogP) is 4.04. The van der Waals surface area contributed by atoms with Crippen LogP contribution in [0.1, 0.15) is 25.3 Å². The van der Waals surface area contributed by atoms with Crippen LogP contribution in [0, 0.1) is 0 Å². The van der Waals surface area contributed by atoms with Crippen LogP contribution in [-0.4, -0.2) is 34.7 Å². The van der Waals surface area contributed by atoms with E-state index >= 15 is 0 Å². The first kappa shape index (κ1) is 18.2. The van der Waals surface area contributed by atoms with E-state index < -0.39 is 0 Å². The Kier molecular flexibility index (Phi) is 5.51. The summed E-state index contributed by atoms with van der Waals surface area (Å²) in [5.74, 6) is 1.23. The molecule has 0 amide bonds. The van der Waals surface area contributed by atoms with Crippen molar-refractivity contribution in [3.05, 3.63) is 65.8 Å². The van der Waals surface area contributed by atoms with Crippen molar-refractivity contribution in [3.8, 4) is 17.3 Å². The summed E-state index contributed by atoms with van der Waals surface area (Å²) in [6.07, 6.45) is 1.69. The van der Waals surface area contributed by atoms with Gasteiger partial charge in [-0.3, -0.25) is 4.99 Å². The fraction of sp³-hybridized carbons (Fsp3) is 0.150. The second-order valence-electron chi connectivity index (χ2n) is 5.66. The number of pyridine rings is 1. The van der Waals surface area contributed by atoms with Gasteiger partial charge in [0.05, 0.1) is 12.8 Å². The molecule has 1 aromatic carbocycles. The van der Waals surface area contributed by atoms with Gasteiger partial charge in [0.1, 0.15) is 5.70 Å². The van der Waals surface area contributed by atoms with Crippen LogP contribution in [0.4, 0.5) is 0 Å². The van der Waals surface area contributed by atoms with E-state index in [9.17, 15) is 0 Å². The van der Waals surface area contributed by atoms with Gasteiger partial charge in [-0.05, 0) is 38.8 Å². The Morgan fingerprint density at radius 2 is 1.85 bits per heavy atom. The Labute approximate surface area is 157 Å². The number of aromatic nitrogens is 3. The van der Waals surface area contributed by atoms with Gasteiger partial charge in [-0.1, -0.05) is 18.2 Å². The molecule has 0 bridgehead atoms. The van der Waals surface area contributed by atoms with E-state index in [0.29, 0.717) is 23.2 Å². The summed E-state index contributed by atoms with van der Waals surface area (Å²) in [6.45, 7) is 7.24. The zero-order valence-corrected chi connectivity index (χ0v) is 15.4. The molecule has 3 rings (SSSR count). The first-order valence-corrected chi connectivity index (χ1v) is 8.25. The second-order valence-corrected chi connectivity index (χ2v) is 5.66. The van der Waals surface area contributed by atoms with Crippen LogP contribution >= 0.6 is 0 Å². The average Bonchev–Trinajstić information content (AvgIpc) is 3.22. The Balaban J connectivity index is 1.98. The zero-order valence-electron chi connectivity index (χ0n) is 15.4. The van der Waals surface area contributed by atoms with Crippen LogP contribution in [0.15, 0.2) is 68.8 Å². The van der Waals surface area contributed by atoms with Crippen LogP contribution in [0.5, 0.6) is 5.88 Å². The van der Waals surface area contributed by atoms with Crippen LogP contribution in [0.25, 0.3) is 17.2 Å². The number of hydrogen-bond acceptors (Lipinski definition) is 7. The van der Waals surface area contributed by atoms with Crippen molar-refractivity contribution in [2.75, 3.05) is 7.11 Å². The molecule has 0 saturated carbocycles. The Morgan fingerprint density at radius 1 is 1.07 bits per heavy atom. The van der Waals surface area contributed by atoms with Gasteiger partial charge in [0, 0.05) is 29.1 Å². The summed E-state index contributed by atoms with van der Waals surface area (Å²) >= 11 is 0. The predicted molar refractivity (Wildman–Crippen MR) is 105 cm³/mol. The monoisotopic (exact) mass is 361 g/mol. The molecule has 2 heterocycles. The summed E-state index contributed by atoms with van der Waals surface area (Å²) in [5.41, 5.74) is 3.45. The van der Waals surface area contributed by atoms with E-state index in [1.807, 2.05) is 43.3 Å². The lowest BCUT2D eigenvalue weighted by atomic mass is 10.2. The van der Waals surface area contributed by atoms with Crippen molar-refractivity contribution in [3.63, 3.8) is 0 Å². The molecule has 0 spiro atoms. The highest BCUT2D eigenvalue weighted by Gasteiger charge is 2.15. The maximum absolute atomic E-state index is 5.82. The quantitative estimate of drug-likeness (QED) is 0.619. The molecule has 0 fully saturated rings. The van der Waals surface area contributed by atoms with Crippen LogP contribution in [0.2, 0.25) is 0 Å². The third-order valence-electron chi connectivity index (χ3n) is 3.87. The standard InChI is InChI=1S/C20H19N5O2/c1-13(16-10-11-17(26-4)22-12-16)23-18(14(2)21-3)20-25-24-19(27-20)15-8-6-5-7-9-15/h5-12H,3H2,1-2,4H3/b18-14-,23-13+. The maximum atomic E-state index is 5.82. The normalized spacial score (nSPS) is 12.5. The molecule has 0 atom stereocenters. The van der Waals surface area contributed by atoms with Gasteiger partial charge >= 0.3 is 0 Å². The number of rotatable bonds is 6. The molecule has 0 aliphatic carbocycles. The van der Waals surface area contributed by atoms with Crippen LogP contribution in [-0.2, 0) is 0 Å². The van der Waals surface area contributed by atoms with Crippen molar-refractivity contribution >= 4 is 18.1 Å². The largest absolute Gasteiger partial charge is 0.481 e. The van der Waals surface area contributed by atoms with Crippen molar-refractivity contribution in [2.45, 2.75) is 13.8 Å². The van der Waals surface area contributed by atoms with Gasteiger partial charge in [-0.2, -0.15) is 0 Å². The number of aliphatic imine (C=N–C) groups is 2. The van der Waals surface area contributed by atoms with E-state index in [4.69, 9.17) is 9.15 Å². The Hall–Kier alpha value is -3.61. The summed E-state index contributed by atoms with van der Waals surface area (Å²) in [7, 11) is 1.57. The lowest BCUT2D eigenvalue weighted by molar-refractivity contribution is 0.398. The van der Waals surface area contributed by atoms with Gasteiger partial charge in [0.2, 0.25) is 11.8 Å². The first-order valence-electron chi connectivity index (χ1n) is 8.25. The highest BCUT2D eigenvalue weighted by atomic mass is 16.5. The number of benzene rings is 1. The van der Waals surface area contributed by atoms with Gasteiger partial charge in [0.15, 0.2) is 0 Å². The van der Waals surface area contributed by atoms with E-state index in [-0.39, 0.29) is 5.89 Å². The lowest BCUT2D eigenvalue weighted by Gasteiger charge is -2.04. The van der Waals surface area contributed by atoms with Gasteiger partial charge in [-0.25, -0.2) is 9.98 Å². The van der Waals surface area contributed by atoms with Gasteiger partial charge < -0.3 is 9.15 Å². The molecule has 0 radical (unpaired) electrons. The van der Waals surface area contributed by atoms with Crippen molar-refractivity contribution in [1.29, 1.82) is 0 Å². The highest BCUT2D eigenvalue weighted by molar-refractivity contribution is 6.01. The molecule has 2 aromatic heterocycles. The Bertz CT molecular complexity index is 989. The molecule has 136 valence electrons. The topological polar surface area (TPSA) is 85.8 Å². The number of nitrogens with zero attached hydrogens (tertiary/aromatic N) is 5. The minimum absolute atomic E-state index is 0.277. The third-order valence-corrected chi connectivity index (χ3v) is 3.87. The van der Waals surface area contributed by atoms with Crippen molar-refractivity contribution in [1.82, 2.24) is 15.2 Å². The lowest BCUT2D eigenvalue weighted by Crippen LogP contribution is -1.98. The summed E-state index contributed by atoms with van der Waals surface area (Å²) in [5, 5.41) is 8.25. The minimum Gasteiger partial charge on any atom is -0.481 e. The summed E-state index contributed by atoms with van der Waals surface area (Å²) < 4.78 is 10.9. The highest BCUT2D eigenvalue weighted by Crippen LogP contribution is 2.25. The molecule has 0 unspecified atom stereocenters. The SMILES string of the molecule is C=N/C(C)=C(\N=C(/C)c1ccc(OC)nc1)c1nnc(-c2ccccc2)o1. The molecular weight excluding hydrogens is 342 g/mol. The fourth-order valence-electron chi connectivity index (χ4n) is 2.32. The van der Waals surface area contributed by atoms with E-state index in [0.717, 1.165) is 16.8 Å². The van der Waals surface area contributed by atoms with Crippen LogP contribution < -0.4 is 4.74 Å². The van der Waals surface area contributed by atoms with Crippen molar-refractivity contribution < 1.29 is 9.15 Å². The molecule has 27 heavy (non-hydrogen) atoms. The molecule has 0 aliphatic rings. The average molecular weight is 361 g/mol. The van der Waals surface area contributed by atoms with Gasteiger partial charge in [-0.15, -0.1) is 10.2 Å². The second kappa shape index (κ2) is 8.18. The maximum Gasteiger partial charge on any atom is 0.268 e. The molecule has 7 nitrogen and oxygen atoms in total. The molecule has 0 aliphatic heterocycles. The molecule has 0 N–H and O–H groups in total. The smallest absolute Gasteiger partial charge is 0.268 e. The number of methoxy groups -OCH3 is 1. The molecule has 0 saturated heterocycles. The van der Waals surface area contributed by atoms with Crippen molar-refractivity contribution in [2.24, 2.45) is 9.98 Å². The van der Waals surface area contributed by atoms with E-state index in [1.165, 1.54) is 0 Å². The van der Waals surface area contributed by atoms with Crippen LogP contribution in [0.3, 0.4) is 0 Å². The third kappa shape index (κ3) is 4.14.